The highest BCUT2D eigenvalue weighted by Crippen LogP contribution is 2.30. The predicted octanol–water partition coefficient (Wildman–Crippen LogP) is 3.44. The number of H-pyrrole nitrogens is 1. The summed E-state index contributed by atoms with van der Waals surface area (Å²) in [5.74, 6) is 0. The van der Waals surface area contributed by atoms with Crippen LogP contribution in [0, 0.1) is 13.8 Å². The second-order valence-corrected chi connectivity index (χ2v) is 6.56. The quantitative estimate of drug-likeness (QED) is 0.675. The van der Waals surface area contributed by atoms with Gasteiger partial charge in [0, 0.05) is 17.0 Å². The third kappa shape index (κ3) is 4.05. The third-order valence-corrected chi connectivity index (χ3v) is 4.66. The number of aromatic amines is 1. The van der Waals surface area contributed by atoms with Crippen molar-refractivity contribution >= 4 is 11.8 Å². The summed E-state index contributed by atoms with van der Waals surface area (Å²) in [6.07, 6.45) is 4.39. The van der Waals surface area contributed by atoms with Gasteiger partial charge in [-0.1, -0.05) is 36.9 Å². The van der Waals surface area contributed by atoms with Gasteiger partial charge in [0.05, 0.1) is 5.03 Å². The lowest BCUT2D eigenvalue weighted by molar-refractivity contribution is 0.644. The van der Waals surface area contributed by atoms with Crippen LogP contribution in [0.4, 0.5) is 0 Å². The molecule has 0 aliphatic heterocycles. The minimum absolute atomic E-state index is 0.291. The number of hydrogen-bond acceptors (Lipinski definition) is 3. The van der Waals surface area contributed by atoms with Gasteiger partial charge in [-0.15, -0.1) is 0 Å². The zero-order valence-corrected chi connectivity index (χ0v) is 14.8. The molecular weight excluding hydrogens is 308 g/mol. The Bertz CT molecular complexity index is 827. The highest BCUT2D eigenvalue weighted by molar-refractivity contribution is 7.99. The third-order valence-electron chi connectivity index (χ3n) is 3.53. The number of nitrogens with one attached hydrogen (secondary N) is 1. The molecule has 0 amide bonds. The fourth-order valence-corrected chi connectivity index (χ4v) is 3.84. The summed E-state index contributed by atoms with van der Waals surface area (Å²) < 4.78 is 1.63. The fraction of sp³-hybridized carbons (Fsp3) is 0.333. The Morgan fingerprint density at radius 1 is 1.17 bits per heavy atom. The molecule has 122 valence electrons. The molecule has 0 aliphatic rings. The molecule has 0 fully saturated rings. The lowest BCUT2D eigenvalue weighted by Crippen LogP contribution is -2.33. The van der Waals surface area contributed by atoms with Crippen LogP contribution in [0.3, 0.4) is 0 Å². The normalized spacial score (nSPS) is 11.3. The summed E-state index contributed by atoms with van der Waals surface area (Å²) in [6, 6.07) is 6.25. The Hall–Kier alpha value is -2.01. The summed E-state index contributed by atoms with van der Waals surface area (Å²) in [5.41, 5.74) is 2.33. The summed E-state index contributed by atoms with van der Waals surface area (Å²) in [7, 11) is 0. The van der Waals surface area contributed by atoms with Crippen LogP contribution in [0.5, 0.6) is 0 Å². The van der Waals surface area contributed by atoms with Gasteiger partial charge >= 0.3 is 5.69 Å². The summed E-state index contributed by atoms with van der Waals surface area (Å²) in [6.45, 7) is 8.38. The van der Waals surface area contributed by atoms with E-state index in [2.05, 4.69) is 23.2 Å². The van der Waals surface area contributed by atoms with Crippen LogP contribution in [-0.4, -0.2) is 9.55 Å². The number of aromatic nitrogens is 2. The first kappa shape index (κ1) is 17.3. The van der Waals surface area contributed by atoms with Crippen LogP contribution < -0.4 is 11.2 Å². The number of hydrogen-bond donors (Lipinski definition) is 1. The zero-order valence-electron chi connectivity index (χ0n) is 14.0. The maximum Gasteiger partial charge on any atom is 0.329 e. The number of allylic oxidation sites excluding steroid dienone is 2. The molecule has 0 bridgehead atoms. The highest BCUT2D eigenvalue weighted by atomic mass is 32.2. The van der Waals surface area contributed by atoms with E-state index in [9.17, 15) is 9.59 Å². The first-order chi connectivity index (χ1) is 11.0. The second kappa shape index (κ2) is 7.51. The lowest BCUT2D eigenvalue weighted by Gasteiger charge is -2.14. The minimum atomic E-state index is -0.364. The molecule has 0 aliphatic carbocycles. The van der Waals surface area contributed by atoms with Crippen molar-refractivity contribution in [3.05, 3.63) is 67.9 Å². The van der Waals surface area contributed by atoms with Crippen LogP contribution in [0.2, 0.25) is 0 Å². The first-order valence-corrected chi connectivity index (χ1v) is 8.51. The molecule has 1 N–H and O–H groups in total. The van der Waals surface area contributed by atoms with Crippen molar-refractivity contribution in [2.24, 2.45) is 0 Å². The molecule has 0 unspecified atom stereocenters. The molecule has 1 aromatic heterocycles. The highest BCUT2D eigenvalue weighted by Gasteiger charge is 2.14. The van der Waals surface area contributed by atoms with Crippen molar-refractivity contribution in [1.82, 2.24) is 9.55 Å². The van der Waals surface area contributed by atoms with Crippen molar-refractivity contribution in [3.8, 4) is 0 Å². The van der Waals surface area contributed by atoms with Crippen LogP contribution in [0.15, 0.2) is 49.9 Å². The summed E-state index contributed by atoms with van der Waals surface area (Å²) in [4.78, 5) is 27.8. The number of nitrogens with zero attached hydrogens (tertiary/aromatic N) is 1. The minimum Gasteiger partial charge on any atom is -0.284 e. The van der Waals surface area contributed by atoms with E-state index in [0.717, 1.165) is 21.0 Å². The van der Waals surface area contributed by atoms with Gasteiger partial charge in [0.1, 0.15) is 0 Å². The molecule has 0 spiro atoms. The monoisotopic (exact) mass is 330 g/mol. The molecule has 5 heteroatoms. The molecule has 0 saturated heterocycles. The maximum absolute atomic E-state index is 12.2. The second-order valence-electron chi connectivity index (χ2n) is 5.50. The Labute approximate surface area is 140 Å². The van der Waals surface area contributed by atoms with Gasteiger partial charge in [0.2, 0.25) is 0 Å². The molecule has 0 saturated carbocycles. The Kier molecular flexibility index (Phi) is 5.66. The van der Waals surface area contributed by atoms with E-state index < -0.39 is 0 Å². The Morgan fingerprint density at radius 2 is 1.83 bits per heavy atom. The molecule has 1 aromatic carbocycles. The fourth-order valence-electron chi connectivity index (χ4n) is 2.50. The van der Waals surface area contributed by atoms with Gasteiger partial charge in [0.15, 0.2) is 0 Å². The Morgan fingerprint density at radius 3 is 2.39 bits per heavy atom. The average Bonchev–Trinajstić information content (AvgIpc) is 2.46. The van der Waals surface area contributed by atoms with Crippen molar-refractivity contribution < 1.29 is 0 Å². The molecule has 0 atom stereocenters. The standard InChI is InChI=1S/C18H22N2O2S/c1-5-7-8-20-17(15(6-2)16(21)19-18(20)22)23-14-10-12(3)9-13(4)11-14/h5,7,9-11H,6,8H2,1-4H3,(H,19,21,22)/b7-5+. The first-order valence-electron chi connectivity index (χ1n) is 7.69. The van der Waals surface area contributed by atoms with Gasteiger partial charge in [0.25, 0.3) is 5.56 Å². The number of aryl methyl sites for hydroxylation is 2. The van der Waals surface area contributed by atoms with Gasteiger partial charge < -0.3 is 0 Å². The van der Waals surface area contributed by atoms with Crippen LogP contribution in [-0.2, 0) is 13.0 Å². The van der Waals surface area contributed by atoms with Crippen LogP contribution >= 0.6 is 11.8 Å². The zero-order chi connectivity index (χ0) is 17.0. The van der Waals surface area contributed by atoms with Crippen molar-refractivity contribution in [3.63, 3.8) is 0 Å². The summed E-state index contributed by atoms with van der Waals surface area (Å²) in [5, 5.41) is 0.726. The van der Waals surface area contributed by atoms with E-state index >= 15 is 0 Å². The average molecular weight is 330 g/mol. The molecule has 2 aromatic rings. The SMILES string of the molecule is C/C=C/Cn1c(Sc2cc(C)cc(C)c2)c(CC)c(=O)[nH]c1=O. The van der Waals surface area contributed by atoms with E-state index in [1.165, 1.54) is 11.8 Å². The van der Waals surface area contributed by atoms with Crippen molar-refractivity contribution in [1.29, 1.82) is 0 Å². The molecule has 2 rings (SSSR count). The van der Waals surface area contributed by atoms with Gasteiger partial charge in [-0.25, -0.2) is 4.79 Å². The van der Waals surface area contributed by atoms with Crippen molar-refractivity contribution in [2.45, 2.75) is 50.6 Å². The number of benzene rings is 1. The molecule has 23 heavy (non-hydrogen) atoms. The van der Waals surface area contributed by atoms with E-state index in [1.54, 1.807) is 4.57 Å². The molecule has 4 nitrogen and oxygen atoms in total. The number of rotatable bonds is 5. The van der Waals surface area contributed by atoms with Crippen molar-refractivity contribution in [2.75, 3.05) is 0 Å². The van der Waals surface area contributed by atoms with Gasteiger partial charge in [-0.05, 0) is 50.5 Å². The van der Waals surface area contributed by atoms with Gasteiger partial charge in [-0.3, -0.25) is 14.3 Å². The van der Waals surface area contributed by atoms with E-state index in [1.807, 2.05) is 39.8 Å². The molecular formula is C18H22N2O2S. The van der Waals surface area contributed by atoms with E-state index in [4.69, 9.17) is 0 Å². The molecule has 1 heterocycles. The van der Waals surface area contributed by atoms with Gasteiger partial charge in [-0.2, -0.15) is 0 Å². The smallest absolute Gasteiger partial charge is 0.284 e. The van der Waals surface area contributed by atoms with Crippen LogP contribution in [0.25, 0.3) is 0 Å². The Balaban J connectivity index is 2.62. The topological polar surface area (TPSA) is 54.9 Å². The van der Waals surface area contributed by atoms with Crippen LogP contribution in [0.1, 0.15) is 30.5 Å². The summed E-state index contributed by atoms with van der Waals surface area (Å²) >= 11 is 1.48. The van der Waals surface area contributed by atoms with E-state index in [-0.39, 0.29) is 11.2 Å². The van der Waals surface area contributed by atoms with E-state index in [0.29, 0.717) is 18.5 Å². The largest absolute Gasteiger partial charge is 0.329 e. The lowest BCUT2D eigenvalue weighted by atomic mass is 10.2. The predicted molar refractivity (Wildman–Crippen MR) is 95.6 cm³/mol. The maximum atomic E-state index is 12.2. The molecule has 0 radical (unpaired) electrons.